The number of carboxylic acid groups (broad SMARTS) is 1. The molecule has 1 rings (SSSR count). The summed E-state index contributed by atoms with van der Waals surface area (Å²) in [5, 5.41) is 14.4. The lowest BCUT2D eigenvalue weighted by atomic mass is 10.2. The molecular formula is C14H22N2O5. The number of hydrogen-bond donors (Lipinski definition) is 3. The standard InChI is InChI=1S/C14H22N2O5/c1-4-5-10(8-20-3)16-14(19)15-7-11-6-12(13(17)18)9(2)21-11/h6,10H,4-5,7-8H2,1-3H3,(H,17,18)(H2,15,16,19). The quantitative estimate of drug-likeness (QED) is 0.680. The Hall–Kier alpha value is -2.02. The minimum Gasteiger partial charge on any atom is -0.478 e. The van der Waals surface area contributed by atoms with E-state index in [4.69, 9.17) is 14.3 Å². The van der Waals surface area contributed by atoms with Crippen LogP contribution in [-0.2, 0) is 11.3 Å². The molecule has 2 amide bonds. The van der Waals surface area contributed by atoms with Crippen LogP contribution in [-0.4, -0.2) is 36.9 Å². The summed E-state index contributed by atoms with van der Waals surface area (Å²) < 4.78 is 10.3. The number of carbonyl (C=O) groups is 2. The maximum Gasteiger partial charge on any atom is 0.339 e. The van der Waals surface area contributed by atoms with Crippen molar-refractivity contribution in [2.75, 3.05) is 13.7 Å². The number of aryl methyl sites for hydroxylation is 1. The summed E-state index contributed by atoms with van der Waals surface area (Å²) in [4.78, 5) is 22.7. The molecular weight excluding hydrogens is 276 g/mol. The predicted octanol–water partition coefficient (Wildman–Crippen LogP) is 1.90. The first-order chi connectivity index (χ1) is 9.97. The molecule has 7 nitrogen and oxygen atoms in total. The molecule has 0 saturated heterocycles. The van der Waals surface area contributed by atoms with Crippen LogP contribution in [0.25, 0.3) is 0 Å². The summed E-state index contributed by atoms with van der Waals surface area (Å²) in [5.74, 6) is -0.322. The minimum atomic E-state index is -1.05. The Kier molecular flexibility index (Phi) is 6.74. The van der Waals surface area contributed by atoms with Gasteiger partial charge in [-0.25, -0.2) is 9.59 Å². The smallest absolute Gasteiger partial charge is 0.339 e. The van der Waals surface area contributed by atoms with Crippen molar-refractivity contribution >= 4 is 12.0 Å². The topological polar surface area (TPSA) is 101 Å². The van der Waals surface area contributed by atoms with E-state index in [2.05, 4.69) is 10.6 Å². The first-order valence-electron chi connectivity index (χ1n) is 6.83. The molecule has 1 aromatic heterocycles. The number of nitrogens with one attached hydrogen (secondary N) is 2. The predicted molar refractivity (Wildman–Crippen MR) is 76.3 cm³/mol. The van der Waals surface area contributed by atoms with Gasteiger partial charge >= 0.3 is 12.0 Å². The number of carbonyl (C=O) groups excluding carboxylic acids is 1. The Labute approximate surface area is 123 Å². The highest BCUT2D eigenvalue weighted by Crippen LogP contribution is 2.14. The number of ether oxygens (including phenoxy) is 1. The van der Waals surface area contributed by atoms with Crippen LogP contribution in [0.5, 0.6) is 0 Å². The number of aromatic carboxylic acids is 1. The molecule has 1 unspecified atom stereocenters. The van der Waals surface area contributed by atoms with Crippen molar-refractivity contribution in [1.82, 2.24) is 10.6 Å². The molecule has 0 bridgehead atoms. The molecule has 118 valence electrons. The molecule has 0 aliphatic heterocycles. The minimum absolute atomic E-state index is 0.0482. The maximum atomic E-state index is 11.8. The zero-order chi connectivity index (χ0) is 15.8. The second-order valence-corrected chi connectivity index (χ2v) is 4.76. The molecule has 0 radical (unpaired) electrons. The van der Waals surface area contributed by atoms with Gasteiger partial charge in [-0.2, -0.15) is 0 Å². The zero-order valence-corrected chi connectivity index (χ0v) is 12.6. The van der Waals surface area contributed by atoms with Crippen molar-refractivity contribution in [2.45, 2.75) is 39.3 Å². The number of hydrogen-bond acceptors (Lipinski definition) is 4. The molecule has 0 fully saturated rings. The van der Waals surface area contributed by atoms with Gasteiger partial charge in [-0.1, -0.05) is 13.3 Å². The van der Waals surface area contributed by atoms with Gasteiger partial charge in [-0.05, 0) is 19.4 Å². The average Bonchev–Trinajstić information content (AvgIpc) is 2.78. The summed E-state index contributed by atoms with van der Waals surface area (Å²) in [6.45, 7) is 4.18. The number of rotatable bonds is 8. The van der Waals surface area contributed by atoms with Gasteiger partial charge in [0.1, 0.15) is 17.1 Å². The highest BCUT2D eigenvalue weighted by molar-refractivity contribution is 5.88. The fourth-order valence-electron chi connectivity index (χ4n) is 1.99. The van der Waals surface area contributed by atoms with E-state index in [1.165, 1.54) is 6.07 Å². The fraction of sp³-hybridized carbons (Fsp3) is 0.571. The largest absolute Gasteiger partial charge is 0.478 e. The Balaban J connectivity index is 2.48. The lowest BCUT2D eigenvalue weighted by Gasteiger charge is -2.17. The molecule has 0 aromatic carbocycles. The Morgan fingerprint density at radius 1 is 1.48 bits per heavy atom. The number of carboxylic acids is 1. The average molecular weight is 298 g/mol. The van der Waals surface area contributed by atoms with Gasteiger partial charge in [-0.3, -0.25) is 0 Å². The van der Waals surface area contributed by atoms with E-state index in [0.717, 1.165) is 12.8 Å². The van der Waals surface area contributed by atoms with E-state index in [9.17, 15) is 9.59 Å². The molecule has 1 aromatic rings. The van der Waals surface area contributed by atoms with Crippen LogP contribution < -0.4 is 10.6 Å². The van der Waals surface area contributed by atoms with E-state index < -0.39 is 5.97 Å². The normalized spacial score (nSPS) is 12.0. The number of methoxy groups -OCH3 is 1. The summed E-state index contributed by atoms with van der Waals surface area (Å²) in [6.07, 6.45) is 1.76. The van der Waals surface area contributed by atoms with Crippen molar-refractivity contribution < 1.29 is 23.8 Å². The SMILES string of the molecule is CCCC(COC)NC(=O)NCc1cc(C(=O)O)c(C)o1. The monoisotopic (exact) mass is 298 g/mol. The number of amides is 2. The first-order valence-corrected chi connectivity index (χ1v) is 6.83. The Morgan fingerprint density at radius 3 is 2.71 bits per heavy atom. The van der Waals surface area contributed by atoms with Gasteiger partial charge in [0.2, 0.25) is 0 Å². The lowest BCUT2D eigenvalue weighted by Crippen LogP contribution is -2.43. The molecule has 3 N–H and O–H groups in total. The zero-order valence-electron chi connectivity index (χ0n) is 12.6. The van der Waals surface area contributed by atoms with E-state index in [1.807, 2.05) is 6.92 Å². The van der Waals surface area contributed by atoms with Gasteiger partial charge in [0, 0.05) is 7.11 Å². The maximum absolute atomic E-state index is 11.8. The first kappa shape index (κ1) is 17.0. The van der Waals surface area contributed by atoms with Crippen LogP contribution in [0.1, 0.15) is 41.6 Å². The second-order valence-electron chi connectivity index (χ2n) is 4.76. The van der Waals surface area contributed by atoms with Crippen LogP contribution >= 0.6 is 0 Å². The summed E-state index contributed by atoms with van der Waals surface area (Å²) in [6, 6.07) is 1.03. The molecule has 0 saturated carbocycles. The van der Waals surface area contributed by atoms with Crippen molar-refractivity contribution in [3.8, 4) is 0 Å². The van der Waals surface area contributed by atoms with Crippen molar-refractivity contribution in [2.24, 2.45) is 0 Å². The highest BCUT2D eigenvalue weighted by Gasteiger charge is 2.15. The molecule has 0 aliphatic carbocycles. The van der Waals surface area contributed by atoms with Gasteiger partial charge in [0.25, 0.3) is 0 Å². The molecule has 0 spiro atoms. The lowest BCUT2D eigenvalue weighted by molar-refractivity contribution is 0.0695. The summed E-state index contributed by atoms with van der Waals surface area (Å²) in [7, 11) is 1.58. The van der Waals surface area contributed by atoms with E-state index in [-0.39, 0.29) is 24.2 Å². The fourth-order valence-corrected chi connectivity index (χ4v) is 1.99. The third-order valence-corrected chi connectivity index (χ3v) is 2.96. The van der Waals surface area contributed by atoms with Crippen LogP contribution in [0.3, 0.4) is 0 Å². The second kappa shape index (κ2) is 8.31. The van der Waals surface area contributed by atoms with Crippen LogP contribution in [0.4, 0.5) is 4.79 Å². The van der Waals surface area contributed by atoms with Crippen molar-refractivity contribution in [1.29, 1.82) is 0 Å². The number of urea groups is 1. The van der Waals surface area contributed by atoms with E-state index in [0.29, 0.717) is 18.1 Å². The highest BCUT2D eigenvalue weighted by atomic mass is 16.5. The molecule has 1 atom stereocenters. The Bertz CT molecular complexity index is 478. The Morgan fingerprint density at radius 2 is 2.19 bits per heavy atom. The van der Waals surface area contributed by atoms with Crippen LogP contribution in [0, 0.1) is 6.92 Å². The molecule has 21 heavy (non-hydrogen) atoms. The molecule has 7 heteroatoms. The molecule has 0 aliphatic rings. The number of furan rings is 1. The van der Waals surface area contributed by atoms with Gasteiger partial charge in [0.15, 0.2) is 0 Å². The molecule has 1 heterocycles. The van der Waals surface area contributed by atoms with Crippen LogP contribution in [0.2, 0.25) is 0 Å². The summed E-state index contributed by atoms with van der Waals surface area (Å²) in [5.41, 5.74) is 0.107. The van der Waals surface area contributed by atoms with Gasteiger partial charge in [-0.15, -0.1) is 0 Å². The van der Waals surface area contributed by atoms with Gasteiger partial charge < -0.3 is 24.9 Å². The van der Waals surface area contributed by atoms with Gasteiger partial charge in [0.05, 0.1) is 19.2 Å². The van der Waals surface area contributed by atoms with E-state index in [1.54, 1.807) is 14.0 Å². The third kappa shape index (κ3) is 5.47. The van der Waals surface area contributed by atoms with Crippen molar-refractivity contribution in [3.05, 3.63) is 23.2 Å². The van der Waals surface area contributed by atoms with Crippen LogP contribution in [0.15, 0.2) is 10.5 Å². The van der Waals surface area contributed by atoms with Crippen molar-refractivity contribution in [3.63, 3.8) is 0 Å². The summed E-state index contributed by atoms with van der Waals surface area (Å²) >= 11 is 0. The third-order valence-electron chi connectivity index (χ3n) is 2.96. The van der Waals surface area contributed by atoms with E-state index >= 15 is 0 Å².